The second-order valence-electron chi connectivity index (χ2n) is 8.46. The van der Waals surface area contributed by atoms with Gasteiger partial charge in [0.2, 0.25) is 10.0 Å². The quantitative estimate of drug-likeness (QED) is 0.582. The smallest absolute Gasteiger partial charge is 0.244 e. The van der Waals surface area contributed by atoms with Crippen LogP contribution in [0, 0.1) is 13.8 Å². The Balaban J connectivity index is 1.44. The second-order valence-corrected chi connectivity index (χ2v) is 11.7. The first-order chi connectivity index (χ1) is 13.9. The molecule has 6 heteroatoms. The van der Waals surface area contributed by atoms with Gasteiger partial charge in [-0.1, -0.05) is 25.5 Å². The summed E-state index contributed by atoms with van der Waals surface area (Å²) in [5, 5.41) is 0. The summed E-state index contributed by atoms with van der Waals surface area (Å²) in [4.78, 5) is 2.44. The maximum atomic E-state index is 13.4. The van der Waals surface area contributed by atoms with Crippen LogP contribution in [-0.4, -0.2) is 30.9 Å². The fraction of sp³-hybridized carbons (Fsp3) is 0.565. The van der Waals surface area contributed by atoms with E-state index in [-0.39, 0.29) is 18.2 Å². The van der Waals surface area contributed by atoms with Crippen LogP contribution in [0.15, 0.2) is 35.2 Å². The topological polar surface area (TPSA) is 46.6 Å². The Morgan fingerprint density at radius 1 is 1.10 bits per heavy atom. The summed E-state index contributed by atoms with van der Waals surface area (Å²) >= 11 is 1.56. The van der Waals surface area contributed by atoms with E-state index in [1.165, 1.54) is 18.4 Å². The first-order valence-electron chi connectivity index (χ1n) is 10.7. The summed E-state index contributed by atoms with van der Waals surface area (Å²) in [5.74, 6) is 0.898. The first kappa shape index (κ1) is 20.9. The zero-order chi connectivity index (χ0) is 20.6. The van der Waals surface area contributed by atoms with Crippen LogP contribution in [0.2, 0.25) is 0 Å². The van der Waals surface area contributed by atoms with E-state index in [0.717, 1.165) is 47.6 Å². The van der Waals surface area contributed by atoms with E-state index in [2.05, 4.69) is 31.2 Å². The zero-order valence-corrected chi connectivity index (χ0v) is 19.2. The largest absolute Gasteiger partial charge is 0.490 e. The van der Waals surface area contributed by atoms with Crippen molar-refractivity contribution in [1.29, 1.82) is 0 Å². The third-order valence-corrected chi connectivity index (χ3v) is 9.45. The van der Waals surface area contributed by atoms with Gasteiger partial charge in [-0.25, -0.2) is 8.42 Å². The van der Waals surface area contributed by atoms with E-state index in [4.69, 9.17) is 4.74 Å². The summed E-state index contributed by atoms with van der Waals surface area (Å²) < 4.78 is 34.8. The van der Waals surface area contributed by atoms with Gasteiger partial charge in [0.15, 0.2) is 0 Å². The van der Waals surface area contributed by atoms with Crippen molar-refractivity contribution in [3.05, 3.63) is 45.6 Å². The van der Waals surface area contributed by atoms with Gasteiger partial charge in [-0.2, -0.15) is 4.31 Å². The van der Waals surface area contributed by atoms with Crippen molar-refractivity contribution in [2.75, 3.05) is 0 Å². The number of rotatable bonds is 7. The minimum absolute atomic E-state index is 0.0483. The number of piperidine rings is 1. The molecule has 2 fully saturated rings. The Labute approximate surface area is 178 Å². The summed E-state index contributed by atoms with van der Waals surface area (Å²) in [6, 6.07) is 10.4. The summed E-state index contributed by atoms with van der Waals surface area (Å²) in [6.45, 7) is 6.09. The molecular formula is C23H31NO3S2. The number of aryl methyl sites for hydroxylation is 3. The second kappa shape index (κ2) is 8.40. The number of benzene rings is 1. The van der Waals surface area contributed by atoms with Gasteiger partial charge in [-0.3, -0.25) is 0 Å². The number of sulfonamides is 1. The van der Waals surface area contributed by atoms with Gasteiger partial charge in [0.1, 0.15) is 11.9 Å². The van der Waals surface area contributed by atoms with E-state index in [9.17, 15) is 8.42 Å². The van der Waals surface area contributed by atoms with Crippen molar-refractivity contribution in [2.45, 2.75) is 88.8 Å². The normalized spacial score (nSPS) is 24.7. The van der Waals surface area contributed by atoms with Gasteiger partial charge in [-0.05, 0) is 63.3 Å². The molecule has 1 aromatic carbocycles. The minimum atomic E-state index is -3.43. The van der Waals surface area contributed by atoms with Crippen LogP contribution >= 0.6 is 11.3 Å². The predicted molar refractivity (Wildman–Crippen MR) is 118 cm³/mol. The van der Waals surface area contributed by atoms with Crippen molar-refractivity contribution in [1.82, 2.24) is 4.31 Å². The van der Waals surface area contributed by atoms with Crippen molar-refractivity contribution >= 4 is 21.4 Å². The summed E-state index contributed by atoms with van der Waals surface area (Å²) in [5.41, 5.74) is 1.35. The van der Waals surface area contributed by atoms with Gasteiger partial charge >= 0.3 is 0 Å². The van der Waals surface area contributed by atoms with Crippen molar-refractivity contribution in [3.8, 4) is 5.75 Å². The molecule has 2 unspecified atom stereocenters. The summed E-state index contributed by atoms with van der Waals surface area (Å²) in [6.07, 6.45) is 7.02. The molecule has 2 bridgehead atoms. The van der Waals surface area contributed by atoms with Gasteiger partial charge in [0.05, 0.1) is 4.90 Å². The molecule has 29 heavy (non-hydrogen) atoms. The Kier molecular flexibility index (Phi) is 6.05. The molecule has 1 aromatic heterocycles. The molecule has 0 aliphatic carbocycles. The predicted octanol–water partition coefficient (Wildman–Crippen LogP) is 5.47. The molecular weight excluding hydrogens is 402 g/mol. The molecule has 2 aliphatic heterocycles. The number of nitrogens with zero attached hydrogens (tertiary/aromatic N) is 1. The SMILES string of the molecule is CCCCc1ccc(OC2CC3CCC(C2)N3S(=O)(=O)c2cc(C)sc2C)cc1. The standard InChI is InChI=1S/C23H31NO3S2/c1-4-5-6-18-7-11-21(12-8-18)27-22-14-19-9-10-20(15-22)24(19)29(25,26)23-13-16(2)28-17(23)3/h7-8,11-13,19-20,22H,4-6,9-10,14-15H2,1-3H3. The van der Waals surface area contributed by atoms with Crippen molar-refractivity contribution < 1.29 is 13.2 Å². The van der Waals surface area contributed by atoms with E-state index < -0.39 is 10.0 Å². The maximum Gasteiger partial charge on any atom is 0.244 e. The fourth-order valence-corrected chi connectivity index (χ4v) is 8.28. The molecule has 0 radical (unpaired) electrons. The Hall–Kier alpha value is -1.37. The van der Waals surface area contributed by atoms with Gasteiger partial charge < -0.3 is 4.74 Å². The summed E-state index contributed by atoms with van der Waals surface area (Å²) in [7, 11) is -3.43. The highest BCUT2D eigenvalue weighted by Gasteiger charge is 2.48. The molecule has 158 valence electrons. The monoisotopic (exact) mass is 433 g/mol. The lowest BCUT2D eigenvalue weighted by atomic mass is 10.0. The lowest BCUT2D eigenvalue weighted by Crippen LogP contribution is -2.49. The van der Waals surface area contributed by atoms with E-state index in [1.54, 1.807) is 15.6 Å². The first-order valence-corrected chi connectivity index (χ1v) is 13.0. The van der Waals surface area contributed by atoms with Gasteiger partial charge in [-0.15, -0.1) is 11.3 Å². The number of fused-ring (bicyclic) bond motifs is 2. The highest BCUT2D eigenvalue weighted by atomic mass is 32.2. The van der Waals surface area contributed by atoms with Crippen LogP contribution in [0.5, 0.6) is 5.75 Å². The zero-order valence-electron chi connectivity index (χ0n) is 17.6. The number of thiophene rings is 1. The van der Waals surface area contributed by atoms with Crippen LogP contribution in [0.25, 0.3) is 0 Å². The molecule has 0 N–H and O–H groups in total. The lowest BCUT2D eigenvalue weighted by molar-refractivity contribution is 0.0956. The van der Waals surface area contributed by atoms with Crippen LogP contribution < -0.4 is 4.74 Å². The Morgan fingerprint density at radius 2 is 1.76 bits per heavy atom. The van der Waals surface area contributed by atoms with Gasteiger partial charge in [0.25, 0.3) is 0 Å². The Bertz CT molecular complexity index is 935. The molecule has 2 aromatic rings. The van der Waals surface area contributed by atoms with Crippen LogP contribution in [0.3, 0.4) is 0 Å². The molecule has 2 aliphatic rings. The highest BCUT2D eigenvalue weighted by Crippen LogP contribution is 2.42. The van der Waals surface area contributed by atoms with Crippen LogP contribution in [-0.2, 0) is 16.4 Å². The van der Waals surface area contributed by atoms with E-state index in [0.29, 0.717) is 4.90 Å². The number of hydrogen-bond donors (Lipinski definition) is 0. The maximum absolute atomic E-state index is 13.4. The van der Waals surface area contributed by atoms with Gasteiger partial charge in [0, 0.05) is 34.7 Å². The third kappa shape index (κ3) is 4.25. The molecule has 2 atom stereocenters. The highest BCUT2D eigenvalue weighted by molar-refractivity contribution is 7.89. The number of hydrogen-bond acceptors (Lipinski definition) is 4. The molecule has 0 amide bonds. The molecule has 3 heterocycles. The van der Waals surface area contributed by atoms with E-state index in [1.807, 2.05) is 19.9 Å². The molecule has 2 saturated heterocycles. The van der Waals surface area contributed by atoms with Crippen molar-refractivity contribution in [2.24, 2.45) is 0 Å². The van der Waals surface area contributed by atoms with Crippen LogP contribution in [0.1, 0.15) is 60.8 Å². The average Bonchev–Trinajstić information content (AvgIpc) is 3.18. The minimum Gasteiger partial charge on any atom is -0.490 e. The van der Waals surface area contributed by atoms with E-state index >= 15 is 0 Å². The molecule has 4 rings (SSSR count). The number of ether oxygens (including phenoxy) is 1. The third-order valence-electron chi connectivity index (χ3n) is 6.22. The average molecular weight is 434 g/mol. The fourth-order valence-electron chi connectivity index (χ4n) is 4.86. The van der Waals surface area contributed by atoms with Crippen molar-refractivity contribution in [3.63, 3.8) is 0 Å². The lowest BCUT2D eigenvalue weighted by Gasteiger charge is -2.37. The molecule has 4 nitrogen and oxygen atoms in total. The Morgan fingerprint density at radius 3 is 2.31 bits per heavy atom. The van der Waals surface area contributed by atoms with Crippen LogP contribution in [0.4, 0.5) is 0 Å². The molecule has 0 saturated carbocycles. The molecule has 0 spiro atoms. The number of unbranched alkanes of at least 4 members (excludes halogenated alkanes) is 1.